The number of aromatic amines is 1. The zero-order valence-corrected chi connectivity index (χ0v) is 21.9. The number of fused-ring (bicyclic) bond motifs is 2. The third-order valence-electron chi connectivity index (χ3n) is 6.78. The highest BCUT2D eigenvalue weighted by Gasteiger charge is 2.18. The molecule has 0 saturated heterocycles. The summed E-state index contributed by atoms with van der Waals surface area (Å²) < 4.78 is 11.4. The lowest BCUT2D eigenvalue weighted by atomic mass is 10.1. The van der Waals surface area contributed by atoms with Gasteiger partial charge in [0.1, 0.15) is 13.2 Å². The second-order valence-electron chi connectivity index (χ2n) is 9.39. The molecule has 6 nitrogen and oxygen atoms in total. The summed E-state index contributed by atoms with van der Waals surface area (Å²) in [5.74, 6) is 1.35. The van der Waals surface area contributed by atoms with Gasteiger partial charge >= 0.3 is 0 Å². The van der Waals surface area contributed by atoms with Crippen LogP contribution in [-0.4, -0.2) is 34.8 Å². The monoisotopic (exact) mass is 513 g/mol. The van der Waals surface area contributed by atoms with Gasteiger partial charge in [-0.2, -0.15) is 0 Å². The summed E-state index contributed by atoms with van der Waals surface area (Å²) in [6.45, 7) is 6.29. The van der Waals surface area contributed by atoms with Crippen molar-refractivity contribution >= 4 is 28.2 Å². The van der Waals surface area contributed by atoms with Crippen molar-refractivity contribution in [2.24, 2.45) is 0 Å². The quantitative estimate of drug-likeness (QED) is 0.328. The number of aryl methyl sites for hydroxylation is 1. The van der Waals surface area contributed by atoms with E-state index in [0.29, 0.717) is 48.5 Å². The van der Waals surface area contributed by atoms with E-state index in [1.807, 2.05) is 42.5 Å². The third-order valence-corrected chi connectivity index (χ3v) is 7.16. The minimum Gasteiger partial charge on any atom is -0.486 e. The Morgan fingerprint density at radius 3 is 2.46 bits per heavy atom. The maximum Gasteiger partial charge on any atom is 0.253 e. The van der Waals surface area contributed by atoms with Crippen molar-refractivity contribution in [2.75, 3.05) is 19.8 Å². The first kappa shape index (κ1) is 24.8. The lowest BCUT2D eigenvalue weighted by molar-refractivity contribution is 0.172. The number of pyridine rings is 1. The largest absolute Gasteiger partial charge is 0.486 e. The Kier molecular flexibility index (Phi) is 7.42. The fraction of sp³-hybridized carbons (Fsp3) is 0.267. The number of nitrogens with zero attached hydrogens (tertiary/aromatic N) is 1. The molecule has 1 aliphatic rings. The maximum absolute atomic E-state index is 13.1. The van der Waals surface area contributed by atoms with E-state index in [1.54, 1.807) is 0 Å². The van der Waals surface area contributed by atoms with Gasteiger partial charge < -0.3 is 24.7 Å². The first-order chi connectivity index (χ1) is 18.0. The van der Waals surface area contributed by atoms with Gasteiger partial charge in [-0.15, -0.1) is 0 Å². The smallest absolute Gasteiger partial charge is 0.253 e. The van der Waals surface area contributed by atoms with Gasteiger partial charge in [0.05, 0.1) is 18.1 Å². The number of aromatic nitrogens is 1. The van der Waals surface area contributed by atoms with Crippen LogP contribution in [0.25, 0.3) is 10.9 Å². The van der Waals surface area contributed by atoms with Crippen molar-refractivity contribution in [3.8, 4) is 11.5 Å². The zero-order chi connectivity index (χ0) is 25.8. The normalized spacial score (nSPS) is 13.2. The van der Waals surface area contributed by atoms with Crippen molar-refractivity contribution in [1.82, 2.24) is 15.2 Å². The van der Waals surface area contributed by atoms with Crippen molar-refractivity contribution in [1.29, 1.82) is 0 Å². The van der Waals surface area contributed by atoms with Gasteiger partial charge in [0.2, 0.25) is 0 Å². The summed E-state index contributed by atoms with van der Waals surface area (Å²) in [7, 11) is 0. The van der Waals surface area contributed by atoms with Crippen LogP contribution in [0.4, 0.5) is 0 Å². The number of hydrogen-bond donors (Lipinski definition) is 2. The predicted octanol–water partition coefficient (Wildman–Crippen LogP) is 5.29. The lowest BCUT2D eigenvalue weighted by Gasteiger charge is -2.28. The molecular weight excluding hydrogens is 482 g/mol. The SMILES string of the molecule is Cc1ccccc1CCN(Cc1cc2cc3c(cc2[nH]c1=O)OCCO3)C(=S)N[C@H](C)c1ccccc1. The molecule has 5 rings (SSSR count). The molecule has 0 unspecified atom stereocenters. The summed E-state index contributed by atoms with van der Waals surface area (Å²) in [5.41, 5.74) is 4.90. The summed E-state index contributed by atoms with van der Waals surface area (Å²) in [6, 6.07) is 24.3. The summed E-state index contributed by atoms with van der Waals surface area (Å²) in [4.78, 5) is 18.2. The van der Waals surface area contributed by atoms with Crippen LogP contribution < -0.4 is 20.3 Å². The highest BCUT2D eigenvalue weighted by molar-refractivity contribution is 7.80. The molecule has 190 valence electrons. The van der Waals surface area contributed by atoms with Crippen LogP contribution >= 0.6 is 12.2 Å². The second kappa shape index (κ2) is 11.0. The Bertz CT molecular complexity index is 1470. The van der Waals surface area contributed by atoms with E-state index in [1.165, 1.54) is 11.1 Å². The van der Waals surface area contributed by atoms with Crippen LogP contribution in [-0.2, 0) is 13.0 Å². The molecule has 7 heteroatoms. The van der Waals surface area contributed by atoms with Crippen LogP contribution in [0.2, 0.25) is 0 Å². The molecule has 0 fully saturated rings. The topological polar surface area (TPSA) is 66.6 Å². The summed E-state index contributed by atoms with van der Waals surface area (Å²) in [6.07, 6.45) is 0.818. The van der Waals surface area contributed by atoms with Crippen molar-refractivity contribution in [3.63, 3.8) is 0 Å². The van der Waals surface area contributed by atoms with Crippen LogP contribution in [0, 0.1) is 6.92 Å². The standard InChI is InChI=1S/C30H31N3O3S/c1-20-8-6-7-9-22(20)12-13-33(30(37)31-21(2)23-10-4-3-5-11-23)19-25-16-24-17-27-28(36-15-14-35-27)18-26(24)32-29(25)34/h3-11,16-18,21H,12-15,19H2,1-2H3,(H,31,37)(H,32,34)/t21-/m1/s1. The average Bonchev–Trinajstić information content (AvgIpc) is 2.91. The first-order valence-corrected chi connectivity index (χ1v) is 13.0. The molecule has 0 radical (unpaired) electrons. The Balaban J connectivity index is 1.41. The molecule has 37 heavy (non-hydrogen) atoms. The highest BCUT2D eigenvalue weighted by atomic mass is 32.1. The van der Waals surface area contributed by atoms with E-state index in [2.05, 4.69) is 59.4 Å². The fourth-order valence-electron chi connectivity index (χ4n) is 4.61. The van der Waals surface area contributed by atoms with Gasteiger partial charge in [-0.25, -0.2) is 0 Å². The number of rotatable bonds is 7. The van der Waals surface area contributed by atoms with Gasteiger partial charge in [0, 0.05) is 23.6 Å². The van der Waals surface area contributed by atoms with E-state index in [-0.39, 0.29) is 11.6 Å². The van der Waals surface area contributed by atoms with Gasteiger partial charge in [0.25, 0.3) is 5.56 Å². The molecule has 4 aromatic rings. The Morgan fingerprint density at radius 1 is 1.00 bits per heavy atom. The number of H-pyrrole nitrogens is 1. The van der Waals surface area contributed by atoms with Crippen molar-refractivity contribution in [2.45, 2.75) is 32.9 Å². The minimum absolute atomic E-state index is 0.0354. The molecule has 1 aliphatic heterocycles. The maximum atomic E-state index is 13.1. The van der Waals surface area contributed by atoms with E-state index < -0.39 is 0 Å². The average molecular weight is 514 g/mol. The molecule has 3 aromatic carbocycles. The van der Waals surface area contributed by atoms with Gasteiger partial charge in [0.15, 0.2) is 16.6 Å². The molecule has 0 bridgehead atoms. The summed E-state index contributed by atoms with van der Waals surface area (Å²) >= 11 is 5.88. The molecule has 0 amide bonds. The van der Waals surface area contributed by atoms with Crippen LogP contribution in [0.1, 0.15) is 35.2 Å². The Labute approximate surface area is 222 Å². The minimum atomic E-state index is -0.135. The molecule has 2 heterocycles. The third kappa shape index (κ3) is 5.78. The van der Waals surface area contributed by atoms with Crippen molar-refractivity contribution < 1.29 is 9.47 Å². The number of nitrogens with one attached hydrogen (secondary N) is 2. The number of benzene rings is 3. The van der Waals surface area contributed by atoms with Crippen LogP contribution in [0.5, 0.6) is 11.5 Å². The van der Waals surface area contributed by atoms with E-state index in [0.717, 1.165) is 22.9 Å². The van der Waals surface area contributed by atoms with Gasteiger partial charge in [-0.05, 0) is 61.3 Å². The Morgan fingerprint density at radius 2 is 1.70 bits per heavy atom. The number of hydrogen-bond acceptors (Lipinski definition) is 4. The Hall–Kier alpha value is -3.84. The summed E-state index contributed by atoms with van der Waals surface area (Å²) in [5, 5.41) is 4.99. The predicted molar refractivity (Wildman–Crippen MR) is 151 cm³/mol. The van der Waals surface area contributed by atoms with Crippen LogP contribution in [0.15, 0.2) is 77.6 Å². The molecule has 1 aromatic heterocycles. The van der Waals surface area contributed by atoms with Gasteiger partial charge in [-0.1, -0.05) is 54.6 Å². The zero-order valence-electron chi connectivity index (χ0n) is 21.1. The first-order valence-electron chi connectivity index (χ1n) is 12.6. The number of ether oxygens (including phenoxy) is 2. The van der Waals surface area contributed by atoms with E-state index in [9.17, 15) is 4.79 Å². The number of thiocarbonyl (C=S) groups is 1. The highest BCUT2D eigenvalue weighted by Crippen LogP contribution is 2.33. The molecule has 1 atom stereocenters. The molecule has 2 N–H and O–H groups in total. The fourth-order valence-corrected chi connectivity index (χ4v) is 4.94. The molecule has 0 saturated carbocycles. The van der Waals surface area contributed by atoms with Crippen LogP contribution in [0.3, 0.4) is 0 Å². The molecule has 0 aliphatic carbocycles. The van der Waals surface area contributed by atoms with E-state index >= 15 is 0 Å². The second-order valence-corrected chi connectivity index (χ2v) is 9.77. The molecular formula is C30H31N3O3S. The van der Waals surface area contributed by atoms with Crippen molar-refractivity contribution in [3.05, 3.63) is 105 Å². The lowest BCUT2D eigenvalue weighted by Crippen LogP contribution is -2.42. The molecule has 0 spiro atoms. The van der Waals surface area contributed by atoms with E-state index in [4.69, 9.17) is 21.7 Å². The van der Waals surface area contributed by atoms with Gasteiger partial charge in [-0.3, -0.25) is 4.79 Å².